The van der Waals surface area contributed by atoms with Crippen LogP contribution >= 0.6 is 0 Å². The lowest BCUT2D eigenvalue weighted by Gasteiger charge is -2.22. The Labute approximate surface area is 150 Å². The summed E-state index contributed by atoms with van der Waals surface area (Å²) in [5.41, 5.74) is 4.44. The molecule has 1 aliphatic rings. The number of aromatic nitrogens is 2. The first-order valence-electron chi connectivity index (χ1n) is 9.42. The summed E-state index contributed by atoms with van der Waals surface area (Å²) in [5.74, 6) is 0. The van der Waals surface area contributed by atoms with Crippen LogP contribution in [0.2, 0.25) is 0 Å². The van der Waals surface area contributed by atoms with Crippen molar-refractivity contribution in [2.75, 3.05) is 13.2 Å². The lowest BCUT2D eigenvalue weighted by atomic mass is 10.1. The summed E-state index contributed by atoms with van der Waals surface area (Å²) in [6, 6.07) is 8.35. The lowest BCUT2D eigenvalue weighted by molar-refractivity contribution is -0.162. The molecule has 134 valence electrons. The van der Waals surface area contributed by atoms with Crippen molar-refractivity contribution in [1.29, 1.82) is 0 Å². The van der Waals surface area contributed by atoms with E-state index in [0.29, 0.717) is 0 Å². The Morgan fingerprint density at radius 3 is 2.68 bits per heavy atom. The van der Waals surface area contributed by atoms with Gasteiger partial charge in [-0.1, -0.05) is 6.42 Å². The average molecular weight is 340 g/mol. The van der Waals surface area contributed by atoms with Crippen LogP contribution in [-0.2, 0) is 15.9 Å². The van der Waals surface area contributed by atoms with E-state index < -0.39 is 0 Å². The van der Waals surface area contributed by atoms with E-state index in [-0.39, 0.29) is 6.29 Å². The van der Waals surface area contributed by atoms with Crippen molar-refractivity contribution in [2.45, 2.75) is 58.2 Å². The van der Waals surface area contributed by atoms with Crippen molar-refractivity contribution in [1.82, 2.24) is 9.97 Å². The number of pyridine rings is 2. The van der Waals surface area contributed by atoms with Gasteiger partial charge < -0.3 is 9.47 Å². The number of rotatable bonds is 8. The number of unbranched alkanes of at least 4 members (excludes halogenated alkanes) is 2. The predicted octanol–water partition coefficient (Wildman–Crippen LogP) is 4.71. The standard InChI is InChI=1S/C21H28N2O2/c1-17-9-11-22-19(15-17)20-16-18(10-12-23-20)7-3-2-5-13-24-21-8-4-6-14-25-21/h9-12,15-16,21H,2-8,13-14H2,1H3. The molecule has 0 aromatic carbocycles. The summed E-state index contributed by atoms with van der Waals surface area (Å²) in [4.78, 5) is 8.89. The minimum atomic E-state index is 0.0401. The van der Waals surface area contributed by atoms with Gasteiger partial charge in [0.25, 0.3) is 0 Å². The van der Waals surface area contributed by atoms with E-state index in [1.54, 1.807) is 0 Å². The van der Waals surface area contributed by atoms with Crippen LogP contribution in [0.25, 0.3) is 11.4 Å². The zero-order valence-corrected chi connectivity index (χ0v) is 15.1. The van der Waals surface area contributed by atoms with Gasteiger partial charge in [0.15, 0.2) is 6.29 Å². The van der Waals surface area contributed by atoms with Crippen molar-refractivity contribution in [3.05, 3.63) is 47.8 Å². The van der Waals surface area contributed by atoms with Crippen LogP contribution in [-0.4, -0.2) is 29.5 Å². The van der Waals surface area contributed by atoms with Gasteiger partial charge in [0.1, 0.15) is 0 Å². The second-order valence-electron chi connectivity index (χ2n) is 6.75. The number of aryl methyl sites for hydroxylation is 2. The largest absolute Gasteiger partial charge is 0.353 e. The highest BCUT2D eigenvalue weighted by Gasteiger charge is 2.13. The maximum absolute atomic E-state index is 5.78. The molecule has 3 heterocycles. The molecular formula is C21H28N2O2. The monoisotopic (exact) mass is 340 g/mol. The second-order valence-corrected chi connectivity index (χ2v) is 6.75. The van der Waals surface area contributed by atoms with Crippen LogP contribution < -0.4 is 0 Å². The molecule has 4 nitrogen and oxygen atoms in total. The molecule has 3 rings (SSSR count). The predicted molar refractivity (Wildman–Crippen MR) is 99.3 cm³/mol. The van der Waals surface area contributed by atoms with Gasteiger partial charge in [-0.3, -0.25) is 9.97 Å². The van der Waals surface area contributed by atoms with Gasteiger partial charge in [0, 0.05) is 25.6 Å². The fourth-order valence-corrected chi connectivity index (χ4v) is 3.11. The number of ether oxygens (including phenoxy) is 2. The summed E-state index contributed by atoms with van der Waals surface area (Å²) < 4.78 is 11.4. The SMILES string of the molecule is Cc1ccnc(-c2cc(CCCCCOC3CCCCO3)ccn2)c1. The van der Waals surface area contributed by atoms with E-state index in [2.05, 4.69) is 35.1 Å². The molecule has 1 fully saturated rings. The first-order chi connectivity index (χ1) is 12.3. The highest BCUT2D eigenvalue weighted by Crippen LogP contribution is 2.18. The van der Waals surface area contributed by atoms with Crippen molar-refractivity contribution < 1.29 is 9.47 Å². The molecule has 1 atom stereocenters. The molecule has 0 saturated carbocycles. The summed E-state index contributed by atoms with van der Waals surface area (Å²) >= 11 is 0. The highest BCUT2D eigenvalue weighted by atomic mass is 16.7. The first kappa shape index (κ1) is 18.0. The van der Waals surface area contributed by atoms with Crippen molar-refractivity contribution in [2.24, 2.45) is 0 Å². The Balaban J connectivity index is 1.39. The minimum absolute atomic E-state index is 0.0401. The molecule has 1 unspecified atom stereocenters. The Bertz CT molecular complexity index is 654. The average Bonchev–Trinajstić information content (AvgIpc) is 2.66. The molecular weight excluding hydrogens is 312 g/mol. The second kappa shape index (κ2) is 9.64. The number of hydrogen-bond acceptors (Lipinski definition) is 4. The summed E-state index contributed by atoms with van der Waals surface area (Å²) in [6.07, 6.45) is 11.7. The fraction of sp³-hybridized carbons (Fsp3) is 0.524. The Morgan fingerprint density at radius 2 is 1.88 bits per heavy atom. The van der Waals surface area contributed by atoms with Gasteiger partial charge in [-0.2, -0.15) is 0 Å². The van der Waals surface area contributed by atoms with Gasteiger partial charge >= 0.3 is 0 Å². The highest BCUT2D eigenvalue weighted by molar-refractivity contribution is 5.55. The molecule has 0 aliphatic carbocycles. The molecule has 1 aliphatic heterocycles. The molecule has 2 aromatic rings. The van der Waals surface area contributed by atoms with E-state index >= 15 is 0 Å². The number of hydrogen-bond donors (Lipinski definition) is 0. The third kappa shape index (κ3) is 5.91. The normalized spacial score (nSPS) is 17.6. The fourth-order valence-electron chi connectivity index (χ4n) is 3.11. The lowest BCUT2D eigenvalue weighted by Crippen LogP contribution is -2.22. The van der Waals surface area contributed by atoms with E-state index in [1.807, 2.05) is 18.5 Å². The smallest absolute Gasteiger partial charge is 0.157 e. The van der Waals surface area contributed by atoms with Gasteiger partial charge in [-0.05, 0) is 80.8 Å². The van der Waals surface area contributed by atoms with E-state index in [4.69, 9.17) is 9.47 Å². The molecule has 0 N–H and O–H groups in total. The molecule has 0 bridgehead atoms. The Kier molecular flexibility index (Phi) is 6.95. The van der Waals surface area contributed by atoms with E-state index in [9.17, 15) is 0 Å². The van der Waals surface area contributed by atoms with E-state index in [0.717, 1.165) is 43.9 Å². The summed E-state index contributed by atoms with van der Waals surface area (Å²) in [7, 11) is 0. The zero-order valence-electron chi connectivity index (χ0n) is 15.1. The first-order valence-corrected chi connectivity index (χ1v) is 9.42. The third-order valence-corrected chi connectivity index (χ3v) is 4.55. The molecule has 1 saturated heterocycles. The van der Waals surface area contributed by atoms with Crippen LogP contribution in [0.1, 0.15) is 49.7 Å². The van der Waals surface area contributed by atoms with Gasteiger partial charge in [0.05, 0.1) is 11.4 Å². The van der Waals surface area contributed by atoms with Gasteiger partial charge in [-0.25, -0.2) is 0 Å². The summed E-state index contributed by atoms with van der Waals surface area (Å²) in [6.45, 7) is 3.74. The molecule has 2 aromatic heterocycles. The van der Waals surface area contributed by atoms with Crippen LogP contribution in [0.5, 0.6) is 0 Å². The maximum atomic E-state index is 5.78. The molecule has 0 amide bonds. The van der Waals surface area contributed by atoms with Crippen molar-refractivity contribution in [3.63, 3.8) is 0 Å². The molecule has 25 heavy (non-hydrogen) atoms. The quantitative estimate of drug-likeness (QED) is 0.653. The number of nitrogens with zero attached hydrogens (tertiary/aromatic N) is 2. The van der Waals surface area contributed by atoms with Gasteiger partial charge in [0.2, 0.25) is 0 Å². The minimum Gasteiger partial charge on any atom is -0.353 e. The van der Waals surface area contributed by atoms with Crippen LogP contribution in [0.15, 0.2) is 36.7 Å². The third-order valence-electron chi connectivity index (χ3n) is 4.55. The topological polar surface area (TPSA) is 44.2 Å². The van der Waals surface area contributed by atoms with Crippen LogP contribution in [0.4, 0.5) is 0 Å². The maximum Gasteiger partial charge on any atom is 0.157 e. The van der Waals surface area contributed by atoms with E-state index in [1.165, 1.54) is 36.8 Å². The van der Waals surface area contributed by atoms with Crippen molar-refractivity contribution >= 4 is 0 Å². The van der Waals surface area contributed by atoms with Gasteiger partial charge in [-0.15, -0.1) is 0 Å². The summed E-state index contributed by atoms with van der Waals surface area (Å²) in [5, 5.41) is 0. The van der Waals surface area contributed by atoms with Crippen LogP contribution in [0.3, 0.4) is 0 Å². The van der Waals surface area contributed by atoms with Crippen LogP contribution in [0, 0.1) is 6.92 Å². The zero-order chi connectivity index (χ0) is 17.3. The molecule has 0 radical (unpaired) electrons. The molecule has 4 heteroatoms. The van der Waals surface area contributed by atoms with Crippen molar-refractivity contribution in [3.8, 4) is 11.4 Å². The Morgan fingerprint density at radius 1 is 1.04 bits per heavy atom. The molecule has 0 spiro atoms. The Hall–Kier alpha value is -1.78.